The molecule has 1 aliphatic heterocycles. The summed E-state index contributed by atoms with van der Waals surface area (Å²) in [5, 5.41) is 6.72. The quantitative estimate of drug-likeness (QED) is 0.106. The van der Waals surface area contributed by atoms with Gasteiger partial charge in [-0.1, -0.05) is 0 Å². The van der Waals surface area contributed by atoms with E-state index in [-0.39, 0.29) is 12.2 Å². The van der Waals surface area contributed by atoms with Gasteiger partial charge in [0, 0.05) is 25.2 Å². The maximum atomic E-state index is 5.64. The van der Waals surface area contributed by atoms with E-state index in [1.54, 1.807) is 18.4 Å². The van der Waals surface area contributed by atoms with Gasteiger partial charge in [-0.2, -0.15) is 0 Å². The van der Waals surface area contributed by atoms with Crippen molar-refractivity contribution in [2.45, 2.75) is 94.8 Å². The van der Waals surface area contributed by atoms with Crippen LogP contribution in [0.3, 0.4) is 0 Å². The summed E-state index contributed by atoms with van der Waals surface area (Å²) in [5.41, 5.74) is 44.0. The Labute approximate surface area is 266 Å². The summed E-state index contributed by atoms with van der Waals surface area (Å²) in [4.78, 5) is 0. The van der Waals surface area contributed by atoms with Crippen molar-refractivity contribution in [3.8, 4) is 0 Å². The van der Waals surface area contributed by atoms with E-state index >= 15 is 0 Å². The summed E-state index contributed by atoms with van der Waals surface area (Å²) < 4.78 is 16.2. The van der Waals surface area contributed by atoms with Crippen molar-refractivity contribution in [3.63, 3.8) is 0 Å². The van der Waals surface area contributed by atoms with E-state index in [0.717, 1.165) is 103 Å². The van der Waals surface area contributed by atoms with Crippen LogP contribution >= 0.6 is 0 Å². The molecule has 260 valence electrons. The molecule has 2 saturated carbocycles. The minimum absolute atomic E-state index is 0.143. The number of hydrogen-bond donors (Lipinski definition) is 10. The smallest absolute Gasteiger partial charge is 0.218 e. The van der Waals surface area contributed by atoms with E-state index in [9.17, 15) is 0 Å². The van der Waals surface area contributed by atoms with E-state index in [1.807, 2.05) is 0 Å². The third-order valence-electron chi connectivity index (χ3n) is 8.32. The highest BCUT2D eigenvalue weighted by molar-refractivity contribution is 5.02. The highest BCUT2D eigenvalue weighted by atomic mass is 16.7. The lowest BCUT2D eigenvalue weighted by molar-refractivity contribution is -0.0804. The highest BCUT2D eigenvalue weighted by Crippen LogP contribution is 2.32. The van der Waals surface area contributed by atoms with Crippen molar-refractivity contribution in [1.29, 1.82) is 0 Å². The minimum Gasteiger partial charge on any atom is -0.464 e. The molecular formula is C31H68N10O3. The molecule has 2 aliphatic carbocycles. The highest BCUT2D eigenvalue weighted by Gasteiger charge is 2.36. The Morgan fingerprint density at radius 2 is 1.02 bits per heavy atom. The van der Waals surface area contributed by atoms with E-state index in [4.69, 9.17) is 59.8 Å². The van der Waals surface area contributed by atoms with Crippen molar-refractivity contribution < 1.29 is 13.9 Å². The Morgan fingerprint density at radius 1 is 0.591 bits per heavy atom. The second kappa shape index (κ2) is 27.0. The van der Waals surface area contributed by atoms with E-state index in [2.05, 4.69) is 10.6 Å². The van der Waals surface area contributed by atoms with Crippen LogP contribution in [0.5, 0.6) is 0 Å². The fourth-order valence-corrected chi connectivity index (χ4v) is 5.11. The van der Waals surface area contributed by atoms with Crippen LogP contribution in [0.25, 0.3) is 0 Å². The van der Waals surface area contributed by atoms with Crippen LogP contribution in [-0.2, 0) is 9.47 Å². The monoisotopic (exact) mass is 629 g/mol. The molecule has 4 rings (SSSR count). The lowest BCUT2D eigenvalue weighted by Crippen LogP contribution is -2.36. The van der Waals surface area contributed by atoms with E-state index < -0.39 is 6.29 Å². The van der Waals surface area contributed by atoms with Gasteiger partial charge < -0.3 is 70.4 Å². The number of nitrogens with two attached hydrogens (primary N) is 8. The first-order chi connectivity index (χ1) is 21.4. The second-order valence-electron chi connectivity index (χ2n) is 11.9. The number of nitrogens with one attached hydrogen (secondary N) is 2. The predicted molar refractivity (Wildman–Crippen MR) is 180 cm³/mol. The van der Waals surface area contributed by atoms with Gasteiger partial charge in [0.1, 0.15) is 12.2 Å². The minimum atomic E-state index is -0.466. The molecule has 2 heterocycles. The average Bonchev–Trinajstić information content (AvgIpc) is 3.71. The van der Waals surface area contributed by atoms with Gasteiger partial charge in [0.2, 0.25) is 6.29 Å². The fraction of sp³-hybridized carbons (Fsp3) is 0.871. The number of rotatable bonds is 16. The van der Waals surface area contributed by atoms with Gasteiger partial charge in [0.15, 0.2) is 5.76 Å². The first-order valence-corrected chi connectivity index (χ1v) is 16.9. The third kappa shape index (κ3) is 18.1. The molecule has 0 amide bonds. The number of ether oxygens (including phenoxy) is 2. The van der Waals surface area contributed by atoms with Crippen molar-refractivity contribution in [1.82, 2.24) is 10.6 Å². The van der Waals surface area contributed by atoms with Crippen molar-refractivity contribution >= 4 is 0 Å². The van der Waals surface area contributed by atoms with Crippen LogP contribution in [0.15, 0.2) is 22.8 Å². The van der Waals surface area contributed by atoms with E-state index in [0.29, 0.717) is 30.9 Å². The van der Waals surface area contributed by atoms with Gasteiger partial charge in [0.25, 0.3) is 0 Å². The summed E-state index contributed by atoms with van der Waals surface area (Å²) in [6, 6.07) is 4.47. The number of furan rings is 1. The molecule has 0 aromatic carbocycles. The van der Waals surface area contributed by atoms with Gasteiger partial charge in [-0.25, -0.2) is 0 Å². The summed E-state index contributed by atoms with van der Waals surface area (Å²) in [7, 11) is 0. The Balaban J connectivity index is 0.000000303. The predicted octanol–water partition coefficient (Wildman–Crippen LogP) is -0.232. The lowest BCUT2D eigenvalue weighted by Gasteiger charge is -2.34. The SMILES string of the molecule is NC1CCC(N)CC1.NCC1CCC1CN.NCC1OC(c2ccco2)OC1CN.NCCCNCCCCNCCCN. The molecule has 0 radical (unpaired) electrons. The summed E-state index contributed by atoms with van der Waals surface area (Å²) in [5.74, 6) is 2.15. The Kier molecular flexibility index (Phi) is 25.0. The van der Waals surface area contributed by atoms with Crippen LogP contribution in [0.2, 0.25) is 0 Å². The zero-order valence-corrected chi connectivity index (χ0v) is 27.3. The van der Waals surface area contributed by atoms with Crippen LogP contribution in [0, 0.1) is 11.8 Å². The van der Waals surface area contributed by atoms with Crippen LogP contribution in [-0.4, -0.2) is 89.7 Å². The molecule has 13 nitrogen and oxygen atoms in total. The van der Waals surface area contributed by atoms with Gasteiger partial charge in [0.05, 0.1) is 6.26 Å². The summed E-state index contributed by atoms with van der Waals surface area (Å²) in [6.07, 6.45) is 12.6. The Hall–Kier alpha value is -1.20. The molecule has 44 heavy (non-hydrogen) atoms. The number of unbranched alkanes of at least 4 members (excludes halogenated alkanes) is 1. The molecular weight excluding hydrogens is 560 g/mol. The molecule has 18 N–H and O–H groups in total. The molecule has 13 heteroatoms. The lowest BCUT2D eigenvalue weighted by atomic mass is 9.74. The normalized spacial score (nSPS) is 27.6. The molecule has 1 aromatic rings. The zero-order valence-electron chi connectivity index (χ0n) is 27.3. The maximum Gasteiger partial charge on any atom is 0.218 e. The fourth-order valence-electron chi connectivity index (χ4n) is 5.11. The first-order valence-electron chi connectivity index (χ1n) is 16.9. The van der Waals surface area contributed by atoms with Gasteiger partial charge in [-0.3, -0.25) is 0 Å². The molecule has 4 unspecified atom stereocenters. The van der Waals surface area contributed by atoms with E-state index in [1.165, 1.54) is 25.7 Å². The molecule has 3 aliphatic rings. The second-order valence-corrected chi connectivity index (χ2v) is 11.9. The van der Waals surface area contributed by atoms with Crippen LogP contribution in [0.4, 0.5) is 0 Å². The largest absolute Gasteiger partial charge is 0.464 e. The van der Waals surface area contributed by atoms with Crippen molar-refractivity contribution in [3.05, 3.63) is 24.2 Å². The standard InChI is InChI=1S/C10H26N4.C9H14N2O3.2C6H14N2/c11-5-3-9-13-7-1-2-8-14-10-4-6-12;10-4-7-8(5-11)14-9(13-7)6-2-1-3-12-6;7-3-5-1-2-6(5)4-8;7-5-1-2-6(8)4-3-5/h13-14H,1-12H2;1-3,7-9H,4-5,10-11H2;2*5-6H,1-4,7-8H2. The van der Waals surface area contributed by atoms with Crippen molar-refractivity contribution in [2.75, 3.05) is 65.4 Å². The topological polar surface area (TPSA) is 264 Å². The average molecular weight is 629 g/mol. The molecule has 1 saturated heterocycles. The summed E-state index contributed by atoms with van der Waals surface area (Å²) >= 11 is 0. The molecule has 1 aromatic heterocycles. The van der Waals surface area contributed by atoms with Gasteiger partial charge >= 0.3 is 0 Å². The molecule has 0 bridgehead atoms. The van der Waals surface area contributed by atoms with Crippen LogP contribution in [0.1, 0.15) is 76.3 Å². The van der Waals surface area contributed by atoms with Crippen LogP contribution < -0.4 is 56.5 Å². The zero-order chi connectivity index (χ0) is 32.4. The molecule has 0 spiro atoms. The molecule has 3 fully saturated rings. The number of hydrogen-bond acceptors (Lipinski definition) is 13. The first kappa shape index (κ1) is 40.8. The maximum absolute atomic E-state index is 5.64. The molecule has 4 atom stereocenters. The Morgan fingerprint density at radius 3 is 1.34 bits per heavy atom. The van der Waals surface area contributed by atoms with Crippen molar-refractivity contribution in [2.24, 2.45) is 57.7 Å². The summed E-state index contributed by atoms with van der Waals surface area (Å²) in [6.45, 7) is 8.37. The van der Waals surface area contributed by atoms with Gasteiger partial charge in [-0.15, -0.1) is 0 Å². The van der Waals surface area contributed by atoms with Gasteiger partial charge in [-0.05, 0) is 141 Å². The Bertz CT molecular complexity index is 692. The third-order valence-corrected chi connectivity index (χ3v) is 8.32.